The number of nitrogens with zero attached hydrogens (tertiary/aromatic N) is 2. The van der Waals surface area contributed by atoms with Gasteiger partial charge in [0.05, 0.1) is 21.4 Å². The molecule has 84 valence electrons. The number of fused-ring (bicyclic) bond motifs is 1. The molecule has 4 heteroatoms. The minimum Gasteiger partial charge on any atom is -0.262 e. The lowest BCUT2D eigenvalue weighted by Gasteiger charge is -1.97. The Kier molecular flexibility index (Phi) is 2.57. The number of hydrogen-bond acceptors (Lipinski definition) is 3. The minimum absolute atomic E-state index is 0.203. The van der Waals surface area contributed by atoms with E-state index in [1.165, 1.54) is 6.07 Å². The van der Waals surface area contributed by atoms with E-state index in [4.69, 9.17) is 0 Å². The summed E-state index contributed by atoms with van der Waals surface area (Å²) in [5, 5.41) is 0.985. The van der Waals surface area contributed by atoms with E-state index in [2.05, 4.69) is 9.97 Å². The Morgan fingerprint density at radius 1 is 1.24 bits per heavy atom. The summed E-state index contributed by atoms with van der Waals surface area (Å²) in [6.07, 6.45) is 4.17. The normalized spacial score (nSPS) is 10.9. The van der Waals surface area contributed by atoms with E-state index in [0.717, 1.165) is 20.8 Å². The van der Waals surface area contributed by atoms with Gasteiger partial charge in [0.2, 0.25) is 0 Å². The molecule has 1 aromatic carbocycles. The topological polar surface area (TPSA) is 25.8 Å². The first-order chi connectivity index (χ1) is 8.31. The van der Waals surface area contributed by atoms with Crippen molar-refractivity contribution >= 4 is 21.6 Å². The van der Waals surface area contributed by atoms with Gasteiger partial charge in [-0.05, 0) is 23.8 Å². The van der Waals surface area contributed by atoms with E-state index >= 15 is 0 Å². The highest BCUT2D eigenvalue weighted by atomic mass is 32.1. The highest BCUT2D eigenvalue weighted by molar-refractivity contribution is 7.18. The smallest absolute Gasteiger partial charge is 0.123 e. The molecule has 0 saturated heterocycles. The first-order valence-electron chi connectivity index (χ1n) is 5.25. The number of rotatable bonds is 2. The van der Waals surface area contributed by atoms with Crippen LogP contribution in [0.5, 0.6) is 0 Å². The van der Waals surface area contributed by atoms with Crippen LogP contribution in [0.15, 0.2) is 42.7 Å². The molecule has 0 unspecified atom stereocenters. The fourth-order valence-corrected chi connectivity index (χ4v) is 2.69. The van der Waals surface area contributed by atoms with Gasteiger partial charge < -0.3 is 0 Å². The van der Waals surface area contributed by atoms with Crippen LogP contribution in [0, 0.1) is 5.82 Å². The molecule has 0 fully saturated rings. The molecule has 3 rings (SSSR count). The molecule has 2 aromatic heterocycles. The van der Waals surface area contributed by atoms with E-state index < -0.39 is 0 Å². The van der Waals surface area contributed by atoms with Gasteiger partial charge in [-0.15, -0.1) is 11.3 Å². The second-order valence-corrected chi connectivity index (χ2v) is 4.87. The fraction of sp³-hybridized carbons (Fsp3) is 0.0769. The number of benzene rings is 1. The molecule has 0 aliphatic carbocycles. The van der Waals surface area contributed by atoms with Crippen molar-refractivity contribution < 1.29 is 4.39 Å². The van der Waals surface area contributed by atoms with Gasteiger partial charge in [-0.25, -0.2) is 9.37 Å². The summed E-state index contributed by atoms with van der Waals surface area (Å²) in [5.74, 6) is -0.203. The van der Waals surface area contributed by atoms with Gasteiger partial charge in [-0.2, -0.15) is 0 Å². The van der Waals surface area contributed by atoms with Crippen LogP contribution in [-0.4, -0.2) is 9.97 Å². The van der Waals surface area contributed by atoms with Crippen molar-refractivity contribution in [3.63, 3.8) is 0 Å². The third kappa shape index (κ3) is 2.17. The number of pyridine rings is 1. The first kappa shape index (κ1) is 10.4. The molecule has 17 heavy (non-hydrogen) atoms. The monoisotopic (exact) mass is 244 g/mol. The van der Waals surface area contributed by atoms with E-state index in [-0.39, 0.29) is 5.82 Å². The van der Waals surface area contributed by atoms with Crippen molar-refractivity contribution in [1.29, 1.82) is 0 Å². The zero-order valence-electron chi connectivity index (χ0n) is 8.93. The van der Waals surface area contributed by atoms with Crippen molar-refractivity contribution in [3.8, 4) is 0 Å². The van der Waals surface area contributed by atoms with Crippen molar-refractivity contribution in [1.82, 2.24) is 9.97 Å². The van der Waals surface area contributed by atoms with Gasteiger partial charge in [-0.1, -0.05) is 12.1 Å². The minimum atomic E-state index is -0.203. The molecule has 0 spiro atoms. The summed E-state index contributed by atoms with van der Waals surface area (Å²) in [6, 6.07) is 8.57. The Balaban J connectivity index is 1.94. The number of hydrogen-bond donors (Lipinski definition) is 0. The maximum atomic E-state index is 13.0. The lowest BCUT2D eigenvalue weighted by Crippen LogP contribution is -1.87. The summed E-state index contributed by atoms with van der Waals surface area (Å²) < 4.78 is 14.2. The van der Waals surface area contributed by atoms with Gasteiger partial charge >= 0.3 is 0 Å². The Bertz CT molecular complexity index is 630. The summed E-state index contributed by atoms with van der Waals surface area (Å²) in [6.45, 7) is 0. The van der Waals surface area contributed by atoms with Crippen LogP contribution >= 0.6 is 11.3 Å². The SMILES string of the molecule is Fc1cccc(Cc2nc3cnccc3s2)c1. The van der Waals surface area contributed by atoms with Crippen LogP contribution in [-0.2, 0) is 6.42 Å². The van der Waals surface area contributed by atoms with Crippen LogP contribution < -0.4 is 0 Å². The summed E-state index contributed by atoms with van der Waals surface area (Å²) in [5.41, 5.74) is 1.85. The molecular formula is C13H9FN2S. The van der Waals surface area contributed by atoms with Crippen LogP contribution in [0.2, 0.25) is 0 Å². The highest BCUT2D eigenvalue weighted by Gasteiger charge is 2.04. The van der Waals surface area contributed by atoms with Crippen molar-refractivity contribution in [2.45, 2.75) is 6.42 Å². The van der Waals surface area contributed by atoms with Gasteiger partial charge in [0.15, 0.2) is 0 Å². The molecule has 0 N–H and O–H groups in total. The Labute approximate surface area is 102 Å². The van der Waals surface area contributed by atoms with E-state index in [0.29, 0.717) is 6.42 Å². The predicted octanol–water partition coefficient (Wildman–Crippen LogP) is 3.42. The molecule has 0 atom stereocenters. The number of thiazole rings is 1. The molecule has 3 aromatic rings. The Morgan fingerprint density at radius 3 is 3.00 bits per heavy atom. The maximum absolute atomic E-state index is 13.0. The number of halogens is 1. The molecule has 2 heterocycles. The molecule has 0 amide bonds. The first-order valence-corrected chi connectivity index (χ1v) is 6.07. The predicted molar refractivity (Wildman–Crippen MR) is 66.6 cm³/mol. The van der Waals surface area contributed by atoms with Gasteiger partial charge in [0, 0.05) is 12.6 Å². The Hall–Kier alpha value is -1.81. The average molecular weight is 244 g/mol. The van der Waals surface area contributed by atoms with E-state index in [9.17, 15) is 4.39 Å². The largest absolute Gasteiger partial charge is 0.262 e. The molecule has 0 aliphatic rings. The highest BCUT2D eigenvalue weighted by Crippen LogP contribution is 2.22. The quantitative estimate of drug-likeness (QED) is 0.690. The van der Waals surface area contributed by atoms with Crippen molar-refractivity contribution in [3.05, 3.63) is 59.1 Å². The van der Waals surface area contributed by atoms with E-state index in [1.54, 1.807) is 35.9 Å². The standard InChI is InChI=1S/C13H9FN2S/c14-10-3-1-2-9(6-10)7-13-16-11-8-15-5-4-12(11)17-13/h1-6,8H,7H2. The second kappa shape index (κ2) is 4.22. The molecule has 0 radical (unpaired) electrons. The Morgan fingerprint density at radius 2 is 2.18 bits per heavy atom. The summed E-state index contributed by atoms with van der Waals surface area (Å²) >= 11 is 1.62. The molecule has 0 bridgehead atoms. The summed E-state index contributed by atoms with van der Waals surface area (Å²) in [4.78, 5) is 8.50. The average Bonchev–Trinajstić information content (AvgIpc) is 2.71. The molecular weight excluding hydrogens is 235 g/mol. The third-order valence-corrected chi connectivity index (χ3v) is 3.51. The van der Waals surface area contributed by atoms with Crippen LogP contribution in [0.4, 0.5) is 4.39 Å². The molecule has 0 aliphatic heterocycles. The number of aromatic nitrogens is 2. The summed E-state index contributed by atoms with van der Waals surface area (Å²) in [7, 11) is 0. The van der Waals surface area contributed by atoms with Gasteiger partial charge in [0.25, 0.3) is 0 Å². The van der Waals surface area contributed by atoms with Gasteiger partial charge in [-0.3, -0.25) is 4.98 Å². The van der Waals surface area contributed by atoms with Gasteiger partial charge in [0.1, 0.15) is 5.82 Å². The van der Waals surface area contributed by atoms with E-state index in [1.807, 2.05) is 12.1 Å². The molecule has 0 saturated carbocycles. The van der Waals surface area contributed by atoms with Crippen molar-refractivity contribution in [2.24, 2.45) is 0 Å². The second-order valence-electron chi connectivity index (χ2n) is 3.76. The van der Waals surface area contributed by atoms with Crippen LogP contribution in [0.25, 0.3) is 10.2 Å². The zero-order valence-corrected chi connectivity index (χ0v) is 9.75. The van der Waals surface area contributed by atoms with Crippen LogP contribution in [0.3, 0.4) is 0 Å². The lowest BCUT2D eigenvalue weighted by atomic mass is 10.1. The third-order valence-electron chi connectivity index (χ3n) is 2.48. The van der Waals surface area contributed by atoms with Crippen LogP contribution in [0.1, 0.15) is 10.6 Å². The zero-order chi connectivity index (χ0) is 11.7. The van der Waals surface area contributed by atoms with Crippen molar-refractivity contribution in [2.75, 3.05) is 0 Å². The lowest BCUT2D eigenvalue weighted by molar-refractivity contribution is 0.626. The molecule has 2 nitrogen and oxygen atoms in total. The fourth-order valence-electron chi connectivity index (χ4n) is 1.72. The maximum Gasteiger partial charge on any atom is 0.123 e.